The lowest BCUT2D eigenvalue weighted by Gasteiger charge is -2.25. The average molecular weight is 439 g/mol. The minimum absolute atomic E-state index is 0.0107. The summed E-state index contributed by atoms with van der Waals surface area (Å²) in [5.41, 5.74) is 4.08. The molecule has 5 heteroatoms. The quantitative estimate of drug-likeness (QED) is 0.510. The van der Waals surface area contributed by atoms with Crippen LogP contribution in [0.15, 0.2) is 63.6 Å². The Kier molecular flexibility index (Phi) is 5.11. The van der Waals surface area contributed by atoms with Crippen molar-refractivity contribution in [3.05, 3.63) is 75.9 Å². The van der Waals surface area contributed by atoms with E-state index < -0.39 is 0 Å². The van der Waals surface area contributed by atoms with Gasteiger partial charge in [-0.1, -0.05) is 63.6 Å². The normalized spacial score (nSPS) is 19.3. The second-order valence-electron chi connectivity index (χ2n) is 7.50. The predicted molar refractivity (Wildman–Crippen MR) is 113 cm³/mol. The van der Waals surface area contributed by atoms with Gasteiger partial charge in [0.15, 0.2) is 5.76 Å². The molecule has 3 aromatic rings. The Hall–Kier alpha value is -2.40. The van der Waals surface area contributed by atoms with Crippen molar-refractivity contribution in [1.29, 1.82) is 0 Å². The molecule has 1 saturated carbocycles. The molecule has 0 bridgehead atoms. The summed E-state index contributed by atoms with van der Waals surface area (Å²) in [5, 5.41) is 4.19. The van der Waals surface area contributed by atoms with E-state index in [1.165, 1.54) is 0 Å². The Morgan fingerprint density at radius 1 is 1.18 bits per heavy atom. The van der Waals surface area contributed by atoms with Crippen LogP contribution in [0.1, 0.15) is 42.1 Å². The van der Waals surface area contributed by atoms with Crippen LogP contribution in [0, 0.1) is 12.8 Å². The maximum atomic E-state index is 13.1. The number of hydrogen-bond donors (Lipinski definition) is 0. The van der Waals surface area contributed by atoms with Crippen LogP contribution in [-0.4, -0.2) is 23.0 Å². The first-order chi connectivity index (χ1) is 13.5. The highest BCUT2D eigenvalue weighted by molar-refractivity contribution is 9.10. The van der Waals surface area contributed by atoms with Crippen LogP contribution in [0.5, 0.6) is 0 Å². The summed E-state index contributed by atoms with van der Waals surface area (Å²) in [5.74, 6) is 1.12. The van der Waals surface area contributed by atoms with Crippen molar-refractivity contribution in [3.8, 4) is 11.3 Å². The monoisotopic (exact) mass is 438 g/mol. The van der Waals surface area contributed by atoms with Crippen LogP contribution in [-0.2, 0) is 4.79 Å². The van der Waals surface area contributed by atoms with Crippen LogP contribution in [0.25, 0.3) is 11.3 Å². The third-order valence-corrected chi connectivity index (χ3v) is 6.23. The molecule has 0 spiro atoms. The van der Waals surface area contributed by atoms with Gasteiger partial charge in [-0.05, 0) is 38.0 Å². The number of hydrogen-bond acceptors (Lipinski definition) is 3. The highest BCUT2D eigenvalue weighted by atomic mass is 79.9. The molecular formula is C23H23BrN2O2. The van der Waals surface area contributed by atoms with Crippen LogP contribution >= 0.6 is 15.9 Å². The van der Waals surface area contributed by atoms with Gasteiger partial charge in [0.25, 0.3) is 0 Å². The Labute approximate surface area is 173 Å². The molecule has 1 heterocycles. The summed E-state index contributed by atoms with van der Waals surface area (Å²) in [6, 6.07) is 18.2. The van der Waals surface area contributed by atoms with Crippen LogP contribution in [0.4, 0.5) is 0 Å². The highest BCUT2D eigenvalue weighted by Crippen LogP contribution is 2.52. The maximum Gasteiger partial charge on any atom is 0.226 e. The summed E-state index contributed by atoms with van der Waals surface area (Å²) < 4.78 is 6.66. The van der Waals surface area contributed by atoms with E-state index in [-0.39, 0.29) is 23.8 Å². The minimum atomic E-state index is -0.0107. The Morgan fingerprint density at radius 2 is 1.86 bits per heavy atom. The third-order valence-electron chi connectivity index (χ3n) is 5.70. The molecular weight excluding hydrogens is 416 g/mol. The summed E-state index contributed by atoms with van der Waals surface area (Å²) in [6.45, 7) is 4.03. The van der Waals surface area contributed by atoms with E-state index in [1.54, 1.807) is 0 Å². The fourth-order valence-corrected chi connectivity index (χ4v) is 4.08. The van der Waals surface area contributed by atoms with Gasteiger partial charge in [0.1, 0.15) is 0 Å². The molecule has 3 atom stereocenters. The van der Waals surface area contributed by atoms with Crippen LogP contribution in [0.3, 0.4) is 0 Å². The van der Waals surface area contributed by atoms with Crippen molar-refractivity contribution in [1.82, 2.24) is 10.1 Å². The number of aryl methyl sites for hydroxylation is 1. The third kappa shape index (κ3) is 3.51. The number of benzene rings is 2. The van der Waals surface area contributed by atoms with Crippen molar-refractivity contribution in [3.63, 3.8) is 0 Å². The molecule has 1 aliphatic carbocycles. The molecule has 2 aromatic carbocycles. The molecule has 144 valence electrons. The van der Waals surface area contributed by atoms with E-state index in [0.29, 0.717) is 0 Å². The van der Waals surface area contributed by atoms with E-state index in [4.69, 9.17) is 4.52 Å². The first-order valence-corrected chi connectivity index (χ1v) is 10.3. The largest absolute Gasteiger partial charge is 0.356 e. The lowest BCUT2D eigenvalue weighted by Crippen LogP contribution is -2.31. The molecule has 0 radical (unpaired) electrons. The van der Waals surface area contributed by atoms with Gasteiger partial charge >= 0.3 is 0 Å². The lowest BCUT2D eigenvalue weighted by atomic mass is 10.0. The van der Waals surface area contributed by atoms with Crippen molar-refractivity contribution in [2.24, 2.45) is 5.92 Å². The van der Waals surface area contributed by atoms with E-state index in [1.807, 2.05) is 61.3 Å². The number of aromatic nitrogens is 1. The summed E-state index contributed by atoms with van der Waals surface area (Å²) in [4.78, 5) is 15.0. The molecule has 4 rings (SSSR count). The fourth-order valence-electron chi connectivity index (χ4n) is 3.82. The maximum absolute atomic E-state index is 13.1. The first-order valence-electron chi connectivity index (χ1n) is 9.51. The lowest BCUT2D eigenvalue weighted by molar-refractivity contribution is -0.133. The zero-order chi connectivity index (χ0) is 19.8. The molecule has 2 unspecified atom stereocenters. The number of rotatable bonds is 5. The molecule has 0 saturated heterocycles. The molecule has 1 amide bonds. The SMILES string of the molecule is Cc1noc(-c2ccc(Br)cc2)c1C1CC1C(=O)N(C)[C@H](C)c1ccccc1. The van der Waals surface area contributed by atoms with Gasteiger partial charge in [-0.3, -0.25) is 4.79 Å². The summed E-state index contributed by atoms with van der Waals surface area (Å²) >= 11 is 3.46. The van der Waals surface area contributed by atoms with Gasteiger partial charge in [0, 0.05) is 34.5 Å². The van der Waals surface area contributed by atoms with Crippen molar-refractivity contribution in [2.75, 3.05) is 7.05 Å². The zero-order valence-corrected chi connectivity index (χ0v) is 17.8. The van der Waals surface area contributed by atoms with Gasteiger partial charge in [0.05, 0.1) is 11.7 Å². The van der Waals surface area contributed by atoms with Gasteiger partial charge in [-0.2, -0.15) is 0 Å². The fraction of sp³-hybridized carbons (Fsp3) is 0.304. The van der Waals surface area contributed by atoms with Gasteiger partial charge in [-0.15, -0.1) is 0 Å². The van der Waals surface area contributed by atoms with Crippen molar-refractivity contribution < 1.29 is 9.32 Å². The van der Waals surface area contributed by atoms with E-state index >= 15 is 0 Å². The molecule has 1 aliphatic rings. The molecule has 0 aliphatic heterocycles. The minimum Gasteiger partial charge on any atom is -0.356 e. The number of nitrogens with zero attached hydrogens (tertiary/aromatic N) is 2. The molecule has 1 aromatic heterocycles. The molecule has 1 fully saturated rings. The van der Waals surface area contributed by atoms with E-state index in [0.717, 1.165) is 39.0 Å². The standard InChI is InChI=1S/C23H23BrN2O2/c1-14-21(22(28-25-14)17-9-11-18(24)12-10-17)19-13-20(19)23(27)26(3)15(2)16-7-5-4-6-8-16/h4-12,15,19-20H,13H2,1-3H3/t15-,19?,20?/m1/s1. The van der Waals surface area contributed by atoms with E-state index in [9.17, 15) is 4.79 Å². The van der Waals surface area contributed by atoms with Crippen LogP contribution < -0.4 is 0 Å². The molecule has 4 nitrogen and oxygen atoms in total. The first kappa shape index (κ1) is 18.9. The smallest absolute Gasteiger partial charge is 0.226 e. The topological polar surface area (TPSA) is 46.3 Å². The molecule has 28 heavy (non-hydrogen) atoms. The van der Waals surface area contributed by atoms with Gasteiger partial charge < -0.3 is 9.42 Å². The number of amides is 1. The van der Waals surface area contributed by atoms with Crippen LogP contribution in [0.2, 0.25) is 0 Å². The number of carbonyl (C=O) groups excluding carboxylic acids is 1. The summed E-state index contributed by atoms with van der Waals surface area (Å²) in [7, 11) is 1.89. The second-order valence-corrected chi connectivity index (χ2v) is 8.42. The number of carbonyl (C=O) groups is 1. The van der Waals surface area contributed by atoms with Gasteiger partial charge in [-0.25, -0.2) is 0 Å². The van der Waals surface area contributed by atoms with E-state index in [2.05, 4.69) is 40.1 Å². The summed E-state index contributed by atoms with van der Waals surface area (Å²) in [6.07, 6.45) is 0.844. The zero-order valence-electron chi connectivity index (χ0n) is 16.2. The molecule has 0 N–H and O–H groups in total. The average Bonchev–Trinajstić information content (AvgIpc) is 3.42. The van der Waals surface area contributed by atoms with Crippen molar-refractivity contribution >= 4 is 21.8 Å². The predicted octanol–water partition coefficient (Wildman–Crippen LogP) is 5.74. The Balaban J connectivity index is 1.53. The Bertz CT molecular complexity index is 982. The van der Waals surface area contributed by atoms with Crippen molar-refractivity contribution in [2.45, 2.75) is 32.2 Å². The Morgan fingerprint density at radius 3 is 2.54 bits per heavy atom. The highest BCUT2D eigenvalue weighted by Gasteiger charge is 2.48. The number of halogens is 1. The van der Waals surface area contributed by atoms with Gasteiger partial charge in [0.2, 0.25) is 5.91 Å². The second kappa shape index (κ2) is 7.55.